The van der Waals surface area contributed by atoms with E-state index in [0.717, 1.165) is 11.3 Å². The molecule has 0 radical (unpaired) electrons. The van der Waals surface area contributed by atoms with Gasteiger partial charge in [0.25, 0.3) is 0 Å². The van der Waals surface area contributed by atoms with Crippen LogP contribution in [0.4, 0.5) is 0 Å². The Labute approximate surface area is 82.7 Å². The number of ether oxygens (including phenoxy) is 1. The van der Waals surface area contributed by atoms with Crippen molar-refractivity contribution in [3.63, 3.8) is 0 Å². The first kappa shape index (κ1) is 10.0. The van der Waals surface area contributed by atoms with Gasteiger partial charge in [0.2, 0.25) is 0 Å². The number of carboxylic acid groups (broad SMARTS) is 1. The van der Waals surface area contributed by atoms with Crippen LogP contribution in [0.2, 0.25) is 5.02 Å². The molecular weight excluding hydrogens is 216 g/mol. The minimum absolute atomic E-state index is 0.0654. The van der Waals surface area contributed by atoms with Crippen molar-refractivity contribution in [2.45, 2.75) is 0 Å². The smallest absolute Gasteiger partial charge is 0.349 e. The topological polar surface area (TPSA) is 63.6 Å². The molecule has 0 spiro atoms. The monoisotopic (exact) mass is 220 g/mol. The van der Waals surface area contributed by atoms with Crippen molar-refractivity contribution in [3.05, 3.63) is 20.8 Å². The fraction of sp³-hybridized carbons (Fsp3) is 0.143. The molecule has 0 fully saturated rings. The molecular formula is C7H5ClO4S. The number of carbonyl (C=O) groups excluding carboxylic acids is 1. The highest BCUT2D eigenvalue weighted by molar-refractivity contribution is 7.13. The summed E-state index contributed by atoms with van der Waals surface area (Å²) in [6.07, 6.45) is 0. The third-order valence-electron chi connectivity index (χ3n) is 1.33. The summed E-state index contributed by atoms with van der Waals surface area (Å²) in [5.41, 5.74) is -0.0768. The average Bonchev–Trinajstić information content (AvgIpc) is 2.46. The molecule has 6 heteroatoms. The van der Waals surface area contributed by atoms with Gasteiger partial charge in [-0.25, -0.2) is 9.59 Å². The summed E-state index contributed by atoms with van der Waals surface area (Å²) in [5, 5.41) is 9.84. The molecule has 1 aromatic heterocycles. The highest BCUT2D eigenvalue weighted by Crippen LogP contribution is 2.28. The van der Waals surface area contributed by atoms with E-state index in [9.17, 15) is 9.59 Å². The maximum absolute atomic E-state index is 11.0. The van der Waals surface area contributed by atoms with Gasteiger partial charge >= 0.3 is 11.9 Å². The van der Waals surface area contributed by atoms with Crippen LogP contribution in [0, 0.1) is 0 Å². The van der Waals surface area contributed by atoms with E-state index in [2.05, 4.69) is 4.74 Å². The van der Waals surface area contributed by atoms with Crippen LogP contribution in [-0.4, -0.2) is 24.2 Å². The molecule has 0 aliphatic rings. The lowest BCUT2D eigenvalue weighted by Gasteiger charge is -1.94. The Bertz CT molecular complexity index is 357. The second-order valence-corrected chi connectivity index (χ2v) is 3.35. The van der Waals surface area contributed by atoms with Crippen LogP contribution in [0.15, 0.2) is 5.38 Å². The Balaban J connectivity index is 3.13. The first-order chi connectivity index (χ1) is 6.07. The predicted molar refractivity (Wildman–Crippen MR) is 47.6 cm³/mol. The predicted octanol–water partition coefficient (Wildman–Crippen LogP) is 1.89. The van der Waals surface area contributed by atoms with Crippen LogP contribution in [0.25, 0.3) is 0 Å². The van der Waals surface area contributed by atoms with Crippen molar-refractivity contribution < 1.29 is 19.4 Å². The Morgan fingerprint density at radius 3 is 2.62 bits per heavy atom. The van der Waals surface area contributed by atoms with Crippen LogP contribution in [-0.2, 0) is 4.74 Å². The molecule has 0 saturated carbocycles. The second kappa shape index (κ2) is 3.76. The molecule has 0 aliphatic heterocycles. The first-order valence-electron chi connectivity index (χ1n) is 3.16. The summed E-state index contributed by atoms with van der Waals surface area (Å²) in [4.78, 5) is 21.6. The number of halogens is 1. The second-order valence-electron chi connectivity index (χ2n) is 2.09. The van der Waals surface area contributed by atoms with Gasteiger partial charge in [-0.3, -0.25) is 0 Å². The summed E-state index contributed by atoms with van der Waals surface area (Å²) in [6, 6.07) is 0. The van der Waals surface area contributed by atoms with Gasteiger partial charge in [-0.2, -0.15) is 0 Å². The maximum Gasteiger partial charge on any atom is 0.349 e. The van der Waals surface area contributed by atoms with Crippen LogP contribution >= 0.6 is 22.9 Å². The number of hydrogen-bond acceptors (Lipinski definition) is 4. The quantitative estimate of drug-likeness (QED) is 0.773. The fourth-order valence-electron chi connectivity index (χ4n) is 0.718. The summed E-state index contributed by atoms with van der Waals surface area (Å²) in [7, 11) is 1.21. The van der Waals surface area contributed by atoms with Gasteiger partial charge in [-0.15, -0.1) is 11.3 Å². The molecule has 0 aliphatic carbocycles. The Kier molecular flexibility index (Phi) is 2.90. The van der Waals surface area contributed by atoms with Crippen LogP contribution < -0.4 is 0 Å². The standard InChI is InChI=1S/C7H5ClO4S/c1-12-7(11)5-4(8)3(2-13-5)6(9)10/h2H,1H3,(H,9,10). The van der Waals surface area contributed by atoms with E-state index >= 15 is 0 Å². The Morgan fingerprint density at radius 1 is 1.62 bits per heavy atom. The van der Waals surface area contributed by atoms with E-state index in [4.69, 9.17) is 16.7 Å². The summed E-state index contributed by atoms with van der Waals surface area (Å²) in [6.45, 7) is 0. The third kappa shape index (κ3) is 1.81. The van der Waals surface area contributed by atoms with E-state index < -0.39 is 11.9 Å². The van der Waals surface area contributed by atoms with Gasteiger partial charge in [0.05, 0.1) is 17.7 Å². The zero-order valence-corrected chi connectivity index (χ0v) is 8.11. The van der Waals surface area contributed by atoms with Crippen LogP contribution in [0.5, 0.6) is 0 Å². The molecule has 0 aromatic carbocycles. The van der Waals surface area contributed by atoms with E-state index in [1.165, 1.54) is 12.5 Å². The van der Waals surface area contributed by atoms with Gasteiger partial charge in [0, 0.05) is 5.38 Å². The molecule has 0 bridgehead atoms. The van der Waals surface area contributed by atoms with Gasteiger partial charge in [-0.05, 0) is 0 Å². The molecule has 0 amide bonds. The number of carbonyl (C=O) groups is 2. The third-order valence-corrected chi connectivity index (χ3v) is 2.80. The van der Waals surface area contributed by atoms with E-state index in [-0.39, 0.29) is 15.5 Å². The van der Waals surface area contributed by atoms with Crippen molar-refractivity contribution in [1.82, 2.24) is 0 Å². The maximum atomic E-state index is 11.0. The van der Waals surface area contributed by atoms with Crippen molar-refractivity contribution in [2.75, 3.05) is 7.11 Å². The minimum atomic E-state index is -1.16. The van der Waals surface area contributed by atoms with E-state index in [1.807, 2.05) is 0 Å². The Morgan fingerprint density at radius 2 is 2.23 bits per heavy atom. The lowest BCUT2D eigenvalue weighted by atomic mass is 10.3. The first-order valence-corrected chi connectivity index (χ1v) is 4.42. The number of aromatic carboxylic acids is 1. The van der Waals surface area contributed by atoms with Crippen LogP contribution in [0.3, 0.4) is 0 Å². The van der Waals surface area contributed by atoms with Crippen molar-refractivity contribution in [1.29, 1.82) is 0 Å². The van der Waals surface area contributed by atoms with E-state index in [1.54, 1.807) is 0 Å². The van der Waals surface area contributed by atoms with Gasteiger partial charge in [0.15, 0.2) is 0 Å². The molecule has 0 saturated heterocycles. The molecule has 0 atom stereocenters. The van der Waals surface area contributed by atoms with Crippen molar-refractivity contribution in [2.24, 2.45) is 0 Å². The molecule has 1 heterocycles. The molecule has 13 heavy (non-hydrogen) atoms. The number of thiophene rings is 1. The average molecular weight is 221 g/mol. The van der Waals surface area contributed by atoms with Crippen molar-refractivity contribution >= 4 is 34.9 Å². The van der Waals surface area contributed by atoms with Gasteiger partial charge < -0.3 is 9.84 Å². The SMILES string of the molecule is COC(=O)c1scc(C(=O)O)c1Cl. The number of methoxy groups -OCH3 is 1. The van der Waals surface area contributed by atoms with Gasteiger partial charge in [0.1, 0.15) is 4.88 Å². The van der Waals surface area contributed by atoms with E-state index in [0.29, 0.717) is 0 Å². The molecule has 70 valence electrons. The summed E-state index contributed by atoms with van der Waals surface area (Å²) in [5.74, 6) is -1.78. The zero-order chi connectivity index (χ0) is 10.0. The summed E-state index contributed by atoms with van der Waals surface area (Å²) < 4.78 is 4.40. The summed E-state index contributed by atoms with van der Waals surface area (Å²) >= 11 is 6.57. The molecule has 1 rings (SSSR count). The zero-order valence-electron chi connectivity index (χ0n) is 6.54. The van der Waals surface area contributed by atoms with Crippen LogP contribution in [0.1, 0.15) is 20.0 Å². The normalized spacial score (nSPS) is 9.69. The lowest BCUT2D eigenvalue weighted by molar-refractivity contribution is 0.0606. The largest absolute Gasteiger partial charge is 0.478 e. The van der Waals surface area contributed by atoms with Crippen molar-refractivity contribution in [3.8, 4) is 0 Å². The number of carboxylic acids is 1. The molecule has 1 N–H and O–H groups in total. The fourth-order valence-corrected chi connectivity index (χ4v) is 1.98. The van der Waals surface area contributed by atoms with Gasteiger partial charge in [-0.1, -0.05) is 11.6 Å². The highest BCUT2D eigenvalue weighted by atomic mass is 35.5. The lowest BCUT2D eigenvalue weighted by Crippen LogP contribution is -2.00. The molecule has 1 aromatic rings. The number of esters is 1. The number of rotatable bonds is 2. The number of hydrogen-bond donors (Lipinski definition) is 1. The molecule has 4 nitrogen and oxygen atoms in total. The Hall–Kier alpha value is -1.07. The highest BCUT2D eigenvalue weighted by Gasteiger charge is 2.20. The minimum Gasteiger partial charge on any atom is -0.478 e. The molecule has 0 unspecified atom stereocenters.